The molecular weight excluding hydrogens is 378 g/mol. The fourth-order valence-corrected chi connectivity index (χ4v) is 3.81. The van der Waals surface area contributed by atoms with Crippen molar-refractivity contribution in [3.8, 4) is 0 Å². The Balaban J connectivity index is 2.37. The quantitative estimate of drug-likeness (QED) is 0.584. The van der Waals surface area contributed by atoms with Crippen LogP contribution in [0.25, 0.3) is 10.3 Å². The van der Waals surface area contributed by atoms with Gasteiger partial charge in [0.15, 0.2) is 9.99 Å². The molecule has 0 aromatic carbocycles. The standard InChI is InChI=1S/C12H14BrN3OS3/c1-12(2,3)20(17)14-6-8-7(13)5-9-10(15-8)16-11(18-4)19-9/h5-6H,1-4H3/b14-6+/t20-/m0/s1. The van der Waals surface area contributed by atoms with Crippen molar-refractivity contribution in [2.24, 2.45) is 4.40 Å². The van der Waals surface area contributed by atoms with E-state index >= 15 is 0 Å². The van der Waals surface area contributed by atoms with E-state index < -0.39 is 11.0 Å². The SMILES string of the molecule is CSc1nc2nc(/C=N/[S@@](=O)C(C)(C)C)c(Br)cc2s1. The molecule has 0 spiro atoms. The molecule has 0 fully saturated rings. The van der Waals surface area contributed by atoms with Crippen LogP contribution in [0.1, 0.15) is 26.5 Å². The van der Waals surface area contributed by atoms with E-state index in [1.165, 1.54) is 0 Å². The number of hydrogen-bond acceptors (Lipinski definition) is 5. The zero-order valence-corrected chi connectivity index (χ0v) is 15.5. The van der Waals surface area contributed by atoms with Gasteiger partial charge in [0.05, 0.1) is 21.4 Å². The van der Waals surface area contributed by atoms with Crippen LogP contribution in [0.4, 0.5) is 0 Å². The minimum absolute atomic E-state index is 0.375. The zero-order valence-electron chi connectivity index (χ0n) is 11.5. The first kappa shape index (κ1) is 16.1. The van der Waals surface area contributed by atoms with Crippen molar-refractivity contribution in [2.45, 2.75) is 29.9 Å². The molecule has 0 N–H and O–H groups in total. The van der Waals surface area contributed by atoms with Crippen molar-refractivity contribution in [1.29, 1.82) is 0 Å². The Kier molecular flexibility index (Phi) is 4.99. The Morgan fingerprint density at radius 3 is 2.75 bits per heavy atom. The lowest BCUT2D eigenvalue weighted by Gasteiger charge is -2.12. The number of aromatic nitrogens is 2. The summed E-state index contributed by atoms with van der Waals surface area (Å²) < 4.78 is 18.5. The third kappa shape index (κ3) is 3.66. The van der Waals surface area contributed by atoms with E-state index in [0.29, 0.717) is 11.3 Å². The molecule has 0 unspecified atom stereocenters. The molecule has 2 aromatic rings. The van der Waals surface area contributed by atoms with Crippen LogP contribution in [-0.2, 0) is 11.0 Å². The Morgan fingerprint density at radius 2 is 2.15 bits per heavy atom. The Morgan fingerprint density at radius 1 is 1.45 bits per heavy atom. The van der Waals surface area contributed by atoms with Crippen molar-refractivity contribution in [3.63, 3.8) is 0 Å². The molecule has 0 aliphatic heterocycles. The van der Waals surface area contributed by atoms with Gasteiger partial charge < -0.3 is 0 Å². The van der Waals surface area contributed by atoms with Crippen molar-refractivity contribution >= 4 is 66.6 Å². The smallest absolute Gasteiger partial charge is 0.172 e. The highest BCUT2D eigenvalue weighted by atomic mass is 79.9. The van der Waals surface area contributed by atoms with E-state index in [-0.39, 0.29) is 4.75 Å². The normalized spacial score (nSPS) is 14.2. The molecule has 0 amide bonds. The average Bonchev–Trinajstić information content (AvgIpc) is 2.76. The average molecular weight is 392 g/mol. The van der Waals surface area contributed by atoms with Crippen molar-refractivity contribution in [2.75, 3.05) is 6.26 Å². The van der Waals surface area contributed by atoms with Crippen LogP contribution in [-0.4, -0.2) is 31.4 Å². The van der Waals surface area contributed by atoms with Crippen LogP contribution in [0.5, 0.6) is 0 Å². The second kappa shape index (κ2) is 6.21. The van der Waals surface area contributed by atoms with Gasteiger partial charge in [-0.05, 0) is 49.0 Å². The minimum Gasteiger partial charge on any atom is -0.234 e. The summed E-state index contributed by atoms with van der Waals surface area (Å²) in [5.74, 6) is 0. The third-order valence-corrected chi connectivity index (χ3v) is 6.27. The number of thiazole rings is 1. The lowest BCUT2D eigenvalue weighted by molar-refractivity contribution is 0.651. The van der Waals surface area contributed by atoms with Gasteiger partial charge in [-0.25, -0.2) is 14.2 Å². The van der Waals surface area contributed by atoms with Gasteiger partial charge in [0.25, 0.3) is 0 Å². The number of rotatable bonds is 3. The van der Waals surface area contributed by atoms with Crippen LogP contribution < -0.4 is 0 Å². The second-order valence-electron chi connectivity index (χ2n) is 4.96. The van der Waals surface area contributed by atoms with Gasteiger partial charge in [-0.3, -0.25) is 0 Å². The van der Waals surface area contributed by atoms with Crippen molar-refractivity contribution < 1.29 is 4.21 Å². The highest BCUT2D eigenvalue weighted by Gasteiger charge is 2.18. The van der Waals surface area contributed by atoms with Gasteiger partial charge in [0, 0.05) is 4.47 Å². The van der Waals surface area contributed by atoms with Crippen LogP contribution in [0.15, 0.2) is 19.3 Å². The summed E-state index contributed by atoms with van der Waals surface area (Å²) in [4.78, 5) is 8.87. The Labute approximate surface area is 137 Å². The summed E-state index contributed by atoms with van der Waals surface area (Å²) in [6.07, 6.45) is 3.53. The molecule has 108 valence electrons. The molecule has 0 saturated heterocycles. The van der Waals surface area contributed by atoms with Crippen molar-refractivity contribution in [3.05, 3.63) is 16.2 Å². The van der Waals surface area contributed by atoms with Gasteiger partial charge in [0.1, 0.15) is 11.0 Å². The van der Waals surface area contributed by atoms with E-state index in [1.807, 2.05) is 33.1 Å². The summed E-state index contributed by atoms with van der Waals surface area (Å²) >= 11 is 6.67. The Hall–Kier alpha value is -0.310. The minimum atomic E-state index is -1.29. The highest BCUT2D eigenvalue weighted by Crippen LogP contribution is 2.29. The maximum Gasteiger partial charge on any atom is 0.172 e. The first-order chi connectivity index (χ1) is 9.31. The first-order valence-corrected chi connectivity index (χ1v) is 9.72. The predicted octanol–water partition coefficient (Wildman–Crippen LogP) is 4.06. The molecule has 4 nitrogen and oxygen atoms in total. The zero-order chi connectivity index (χ0) is 14.9. The van der Waals surface area contributed by atoms with E-state index in [4.69, 9.17) is 0 Å². The highest BCUT2D eigenvalue weighted by molar-refractivity contribution is 9.10. The number of fused-ring (bicyclic) bond motifs is 1. The van der Waals surface area contributed by atoms with E-state index in [1.54, 1.807) is 29.3 Å². The lowest BCUT2D eigenvalue weighted by Crippen LogP contribution is -2.19. The fraction of sp³-hybridized carbons (Fsp3) is 0.417. The Bertz CT molecular complexity index is 691. The lowest BCUT2D eigenvalue weighted by atomic mass is 10.3. The molecular formula is C12H14BrN3OS3. The molecule has 2 aromatic heterocycles. The molecule has 0 radical (unpaired) electrons. The summed E-state index contributed by atoms with van der Waals surface area (Å²) in [7, 11) is -1.29. The van der Waals surface area contributed by atoms with Gasteiger partial charge in [0.2, 0.25) is 0 Å². The van der Waals surface area contributed by atoms with Gasteiger partial charge in [-0.15, -0.1) is 11.3 Å². The topological polar surface area (TPSA) is 55.2 Å². The van der Waals surface area contributed by atoms with Gasteiger partial charge in [-0.2, -0.15) is 4.40 Å². The summed E-state index contributed by atoms with van der Waals surface area (Å²) in [5, 5.41) is 0. The molecule has 1 atom stereocenters. The number of halogens is 1. The molecule has 0 aliphatic carbocycles. The maximum atomic E-state index is 11.9. The molecule has 2 rings (SSSR count). The predicted molar refractivity (Wildman–Crippen MR) is 92.4 cm³/mol. The van der Waals surface area contributed by atoms with Crippen LogP contribution in [0.3, 0.4) is 0 Å². The molecule has 0 saturated carbocycles. The molecule has 0 aliphatic rings. The largest absolute Gasteiger partial charge is 0.234 e. The molecule has 0 bridgehead atoms. The van der Waals surface area contributed by atoms with Crippen molar-refractivity contribution in [1.82, 2.24) is 9.97 Å². The number of thioether (sulfide) groups is 1. The van der Waals surface area contributed by atoms with Gasteiger partial charge in [-0.1, -0.05) is 11.8 Å². The van der Waals surface area contributed by atoms with Crippen LogP contribution in [0.2, 0.25) is 0 Å². The summed E-state index contributed by atoms with van der Waals surface area (Å²) in [6, 6.07) is 1.97. The summed E-state index contributed by atoms with van der Waals surface area (Å²) in [5.41, 5.74) is 1.35. The number of nitrogens with zero attached hydrogens (tertiary/aromatic N) is 3. The summed E-state index contributed by atoms with van der Waals surface area (Å²) in [6.45, 7) is 5.66. The second-order valence-corrected chi connectivity index (χ2v) is 9.83. The van der Waals surface area contributed by atoms with Gasteiger partial charge >= 0.3 is 0 Å². The molecule has 2 heterocycles. The van der Waals surface area contributed by atoms with E-state index in [0.717, 1.165) is 13.5 Å². The molecule has 20 heavy (non-hydrogen) atoms. The maximum absolute atomic E-state index is 11.9. The third-order valence-electron chi connectivity index (χ3n) is 2.31. The number of hydrogen-bond donors (Lipinski definition) is 0. The monoisotopic (exact) mass is 391 g/mol. The number of pyridine rings is 1. The first-order valence-electron chi connectivity index (χ1n) is 5.78. The van der Waals surface area contributed by atoms with Crippen LogP contribution >= 0.6 is 39.0 Å². The van der Waals surface area contributed by atoms with E-state index in [9.17, 15) is 4.21 Å². The van der Waals surface area contributed by atoms with E-state index in [2.05, 4.69) is 30.3 Å². The van der Waals surface area contributed by atoms with Crippen LogP contribution in [0, 0.1) is 0 Å². The fourth-order valence-electron chi connectivity index (χ4n) is 1.27. The molecule has 8 heteroatoms.